The fraction of sp³-hybridized carbons (Fsp3) is 0.729. The van der Waals surface area contributed by atoms with Crippen LogP contribution in [0.4, 0.5) is 10.5 Å². The Labute approximate surface area is 361 Å². The van der Waals surface area contributed by atoms with Gasteiger partial charge < -0.3 is 33.2 Å². The molecule has 1 aliphatic heterocycles. The van der Waals surface area contributed by atoms with Crippen LogP contribution in [0.2, 0.25) is 0 Å². The van der Waals surface area contributed by atoms with Crippen LogP contribution >= 0.6 is 0 Å². The number of anilines is 1. The number of benzene rings is 1. The molecule has 0 unspecified atom stereocenters. The van der Waals surface area contributed by atoms with Crippen LogP contribution in [0.5, 0.6) is 5.75 Å². The largest absolute Gasteiger partial charge is 0.463 e. The lowest BCUT2D eigenvalue weighted by molar-refractivity contribution is -0.288. The molecule has 13 atom stereocenters. The van der Waals surface area contributed by atoms with Crippen molar-refractivity contribution in [3.8, 4) is 5.75 Å². The molecule has 61 heavy (non-hydrogen) atoms. The molecule has 1 aromatic carbocycles. The van der Waals surface area contributed by atoms with E-state index in [2.05, 4.69) is 46.0 Å². The summed E-state index contributed by atoms with van der Waals surface area (Å²) in [6.45, 7) is 16.6. The summed E-state index contributed by atoms with van der Waals surface area (Å²) in [4.78, 5) is 61.4. The maximum Gasteiger partial charge on any atom is 0.411 e. The predicted octanol–water partition coefficient (Wildman–Crippen LogP) is 9.11. The van der Waals surface area contributed by atoms with Gasteiger partial charge in [0, 0.05) is 39.8 Å². The van der Waals surface area contributed by atoms with Crippen LogP contribution in [0.15, 0.2) is 35.9 Å². The van der Waals surface area contributed by atoms with Crippen molar-refractivity contribution in [2.75, 3.05) is 11.9 Å². The zero-order valence-electron chi connectivity index (χ0n) is 37.7. The molecule has 1 amide bonds. The van der Waals surface area contributed by atoms with Crippen molar-refractivity contribution < 1.29 is 57.1 Å². The molecule has 5 aliphatic rings. The Morgan fingerprint density at radius 2 is 1.44 bits per heavy atom. The van der Waals surface area contributed by atoms with E-state index in [9.17, 15) is 24.0 Å². The molecule has 1 heterocycles. The van der Waals surface area contributed by atoms with Crippen molar-refractivity contribution >= 4 is 35.7 Å². The van der Waals surface area contributed by atoms with Gasteiger partial charge in [0.1, 0.15) is 24.6 Å². The van der Waals surface area contributed by atoms with Gasteiger partial charge in [0.2, 0.25) is 12.4 Å². The third-order valence-corrected chi connectivity index (χ3v) is 14.8. The molecule has 0 aromatic heterocycles. The van der Waals surface area contributed by atoms with E-state index >= 15 is 0 Å². The highest BCUT2D eigenvalue weighted by atomic mass is 16.7. The molecule has 1 saturated heterocycles. The SMILES string of the molecule is CC(=O)OC[C@H]1O[C@@H](Oc2ccc(NC(=O)O[C@H]3CC[C@@]4(C)C(=CC[C@H]5[C@@H]6CC[C@H]([C@H](C)CCCC(C)C)[C@@]6(C)CC[C@@H]54)C3)cc2)[C@H](OC(C)=O)[C@@H](OC(C)=O)[C@@H]1OC(C)=O. The molecular formula is C48H69NO12. The predicted molar refractivity (Wildman–Crippen MR) is 226 cm³/mol. The zero-order valence-corrected chi connectivity index (χ0v) is 37.7. The Hall–Kier alpha value is -4.13. The highest BCUT2D eigenvalue weighted by Gasteiger charge is 2.59. The number of hydrogen-bond acceptors (Lipinski definition) is 12. The second-order valence-electron chi connectivity index (χ2n) is 19.4. The van der Waals surface area contributed by atoms with Crippen molar-refractivity contribution in [2.24, 2.45) is 46.3 Å². The van der Waals surface area contributed by atoms with Crippen molar-refractivity contribution in [2.45, 2.75) is 170 Å². The average molecular weight is 852 g/mol. The van der Waals surface area contributed by atoms with Crippen LogP contribution in [-0.4, -0.2) is 73.4 Å². The summed E-state index contributed by atoms with van der Waals surface area (Å²) in [7, 11) is 0. The first-order chi connectivity index (χ1) is 28.9. The number of carbonyl (C=O) groups is 5. The van der Waals surface area contributed by atoms with Gasteiger partial charge in [-0.3, -0.25) is 24.5 Å². The van der Waals surface area contributed by atoms with E-state index < -0.39 is 60.7 Å². The normalized spacial score (nSPS) is 34.6. The number of allylic oxidation sites excluding steroid dienone is 1. The summed E-state index contributed by atoms with van der Waals surface area (Å²) in [5, 5.41) is 2.84. The van der Waals surface area contributed by atoms with Gasteiger partial charge in [-0.05, 0) is 116 Å². The monoisotopic (exact) mass is 851 g/mol. The molecular weight excluding hydrogens is 783 g/mol. The minimum absolute atomic E-state index is 0.147. The highest BCUT2D eigenvalue weighted by molar-refractivity contribution is 5.84. The van der Waals surface area contributed by atoms with Crippen LogP contribution in [0.3, 0.4) is 0 Å². The third kappa shape index (κ3) is 10.7. The number of esters is 4. The van der Waals surface area contributed by atoms with E-state index in [1.807, 2.05) is 0 Å². The molecule has 6 rings (SSSR count). The second-order valence-corrected chi connectivity index (χ2v) is 19.4. The smallest absolute Gasteiger partial charge is 0.411 e. The molecule has 3 saturated carbocycles. The third-order valence-electron chi connectivity index (χ3n) is 14.8. The number of ether oxygens (including phenoxy) is 7. The summed E-state index contributed by atoms with van der Waals surface area (Å²) in [6, 6.07) is 6.41. The van der Waals surface area contributed by atoms with Crippen LogP contribution in [0.25, 0.3) is 0 Å². The lowest BCUT2D eigenvalue weighted by Crippen LogP contribution is -2.63. The molecule has 0 radical (unpaired) electrons. The molecule has 13 heteroatoms. The first kappa shape index (κ1) is 46.4. The lowest BCUT2D eigenvalue weighted by Gasteiger charge is -2.58. The summed E-state index contributed by atoms with van der Waals surface area (Å²) < 4.78 is 39.7. The topological polar surface area (TPSA) is 162 Å². The number of fused-ring (bicyclic) bond motifs is 5. The minimum atomic E-state index is -1.38. The van der Waals surface area contributed by atoms with Gasteiger partial charge in [-0.25, -0.2) is 4.79 Å². The average Bonchev–Trinajstić information content (AvgIpc) is 3.54. The molecule has 1 aromatic rings. The maximum atomic E-state index is 13.3. The Bertz CT molecular complexity index is 1780. The van der Waals surface area contributed by atoms with Crippen LogP contribution in [0, 0.1) is 46.3 Å². The highest BCUT2D eigenvalue weighted by Crippen LogP contribution is 2.67. The van der Waals surface area contributed by atoms with Crippen molar-refractivity contribution in [1.82, 2.24) is 0 Å². The van der Waals surface area contributed by atoms with E-state index in [1.165, 1.54) is 57.4 Å². The molecule has 4 fully saturated rings. The quantitative estimate of drug-likeness (QED) is 0.108. The lowest BCUT2D eigenvalue weighted by atomic mass is 9.47. The summed E-state index contributed by atoms with van der Waals surface area (Å²) in [5.41, 5.74) is 2.52. The standard InChI is InChI=1S/C48H69NO12/c1-27(2)11-10-12-28(3)38-19-20-39-37-18-13-33-25-36(21-23-47(33,8)40(37)22-24-48(38,39)9)60-46(54)49-34-14-16-35(17-15-34)59-45-44(58-32(7)53)43(57-31(6)52)42(56-30(5)51)41(61-45)26-55-29(4)50/h13-17,27-28,36-45H,10-12,18-26H2,1-9H3,(H,49,54)/t28-,36+,37+,38-,39+,40+,41-,42-,43+,44-,45-,47+,48-/m1/s1. The zero-order chi connectivity index (χ0) is 44.2. The number of carbonyl (C=O) groups excluding carboxylic acids is 5. The van der Waals surface area contributed by atoms with Gasteiger partial charge in [0.05, 0.1) is 0 Å². The van der Waals surface area contributed by atoms with Crippen LogP contribution in [0.1, 0.15) is 133 Å². The van der Waals surface area contributed by atoms with Crippen LogP contribution < -0.4 is 10.1 Å². The molecule has 1 N–H and O–H groups in total. The van der Waals surface area contributed by atoms with Gasteiger partial charge in [-0.1, -0.05) is 65.5 Å². The van der Waals surface area contributed by atoms with Crippen molar-refractivity contribution in [3.63, 3.8) is 0 Å². The van der Waals surface area contributed by atoms with Gasteiger partial charge in [0.15, 0.2) is 12.2 Å². The molecule has 13 nitrogen and oxygen atoms in total. The first-order valence-corrected chi connectivity index (χ1v) is 22.6. The molecule has 338 valence electrons. The maximum absolute atomic E-state index is 13.3. The number of hydrogen-bond donors (Lipinski definition) is 1. The van der Waals surface area contributed by atoms with Crippen LogP contribution in [-0.2, 0) is 47.6 Å². The summed E-state index contributed by atoms with van der Waals surface area (Å²) in [6.07, 6.45) is 8.33. The fourth-order valence-electron chi connectivity index (χ4n) is 12.1. The second kappa shape index (κ2) is 19.5. The van der Waals surface area contributed by atoms with Gasteiger partial charge in [-0.15, -0.1) is 0 Å². The Balaban J connectivity index is 1.06. The number of rotatable bonds is 14. The Kier molecular flexibility index (Phi) is 14.8. The first-order valence-electron chi connectivity index (χ1n) is 22.6. The van der Waals surface area contributed by atoms with Gasteiger partial charge in [-0.2, -0.15) is 0 Å². The molecule has 4 aliphatic carbocycles. The molecule has 0 spiro atoms. The van der Waals surface area contributed by atoms with Crippen molar-refractivity contribution in [1.29, 1.82) is 0 Å². The van der Waals surface area contributed by atoms with Gasteiger partial charge in [0.25, 0.3) is 0 Å². The van der Waals surface area contributed by atoms with E-state index in [0.29, 0.717) is 17.0 Å². The minimum Gasteiger partial charge on any atom is -0.463 e. The Morgan fingerprint density at radius 3 is 2.10 bits per heavy atom. The number of nitrogens with one attached hydrogen (secondary N) is 1. The van der Waals surface area contributed by atoms with Gasteiger partial charge >= 0.3 is 30.0 Å². The Morgan fingerprint density at radius 1 is 0.770 bits per heavy atom. The van der Waals surface area contributed by atoms with Crippen molar-refractivity contribution in [3.05, 3.63) is 35.9 Å². The van der Waals surface area contributed by atoms with E-state index in [0.717, 1.165) is 76.0 Å². The molecule has 0 bridgehead atoms. The van der Waals surface area contributed by atoms with E-state index in [1.54, 1.807) is 24.3 Å². The van der Waals surface area contributed by atoms with E-state index in [4.69, 9.17) is 33.2 Å². The summed E-state index contributed by atoms with van der Waals surface area (Å²) in [5.74, 6) is 2.03. The number of amides is 1. The van der Waals surface area contributed by atoms with E-state index in [-0.39, 0.29) is 23.9 Å². The fourth-order valence-corrected chi connectivity index (χ4v) is 12.1. The summed E-state index contributed by atoms with van der Waals surface area (Å²) >= 11 is 0.